The molecule has 0 aliphatic rings. The van der Waals surface area contributed by atoms with E-state index in [-0.39, 0.29) is 4.90 Å². The molecule has 1 aromatic heterocycles. The number of aromatic nitrogens is 1. The van der Waals surface area contributed by atoms with Gasteiger partial charge < -0.3 is 5.32 Å². The van der Waals surface area contributed by atoms with Crippen LogP contribution in [0.2, 0.25) is 0 Å². The normalized spacial score (nSPS) is 12.0. The first-order chi connectivity index (χ1) is 8.92. The molecule has 0 amide bonds. The van der Waals surface area contributed by atoms with Crippen LogP contribution in [0.15, 0.2) is 35.2 Å². The van der Waals surface area contributed by atoms with Crippen LogP contribution in [0.3, 0.4) is 0 Å². The quantitative estimate of drug-likeness (QED) is 0.818. The molecule has 2 aromatic rings. The van der Waals surface area contributed by atoms with Gasteiger partial charge in [0.2, 0.25) is 0 Å². The van der Waals surface area contributed by atoms with Gasteiger partial charge in [0.05, 0.1) is 10.4 Å². The molecule has 0 unspecified atom stereocenters. The summed E-state index contributed by atoms with van der Waals surface area (Å²) < 4.78 is 24.0. The third-order valence-corrected chi connectivity index (χ3v) is 4.01. The van der Waals surface area contributed by atoms with E-state index in [2.05, 4.69) is 15.1 Å². The van der Waals surface area contributed by atoms with Gasteiger partial charge in [0.1, 0.15) is 5.82 Å². The van der Waals surface area contributed by atoms with Crippen molar-refractivity contribution in [2.24, 2.45) is 0 Å². The second kappa shape index (κ2) is 5.12. The van der Waals surface area contributed by atoms with Gasteiger partial charge in [0, 0.05) is 26.5 Å². The molecule has 102 valence electrons. The molecule has 0 fully saturated rings. The van der Waals surface area contributed by atoms with Crippen LogP contribution in [0.25, 0.3) is 10.9 Å². The summed E-state index contributed by atoms with van der Waals surface area (Å²) in [5.74, 6) is 0.745. The minimum atomic E-state index is -3.53. The lowest BCUT2D eigenvalue weighted by Gasteiger charge is -2.12. The maximum atomic E-state index is 12.0. The SMILES string of the molecule is CNc1ccc2cc(S(=O)(=O)NN(C)C)ccc2n1. The summed E-state index contributed by atoms with van der Waals surface area (Å²) in [6.07, 6.45) is 0. The Labute approximate surface area is 112 Å². The molecule has 19 heavy (non-hydrogen) atoms. The van der Waals surface area contributed by atoms with Crippen LogP contribution in [-0.4, -0.2) is 39.6 Å². The molecular weight excluding hydrogens is 264 g/mol. The van der Waals surface area contributed by atoms with E-state index in [9.17, 15) is 8.42 Å². The van der Waals surface area contributed by atoms with Gasteiger partial charge in [0.15, 0.2) is 0 Å². The number of rotatable bonds is 4. The van der Waals surface area contributed by atoms with Crippen LogP contribution in [0, 0.1) is 0 Å². The van der Waals surface area contributed by atoms with E-state index in [0.717, 1.165) is 16.7 Å². The minimum Gasteiger partial charge on any atom is -0.373 e. The van der Waals surface area contributed by atoms with Gasteiger partial charge >= 0.3 is 0 Å². The lowest BCUT2D eigenvalue weighted by molar-refractivity contribution is 0.364. The Morgan fingerprint density at radius 2 is 1.89 bits per heavy atom. The number of nitrogens with one attached hydrogen (secondary N) is 2. The van der Waals surface area contributed by atoms with E-state index < -0.39 is 10.0 Å². The number of hydrogen-bond acceptors (Lipinski definition) is 5. The number of pyridine rings is 1. The zero-order valence-corrected chi connectivity index (χ0v) is 11.8. The average Bonchev–Trinajstić information content (AvgIpc) is 2.36. The van der Waals surface area contributed by atoms with Gasteiger partial charge in [0.25, 0.3) is 10.0 Å². The third-order valence-electron chi connectivity index (χ3n) is 2.53. The standard InChI is InChI=1S/C12H16N4O2S/c1-13-12-7-4-9-8-10(5-6-11(9)14-12)19(17,18)15-16(2)3/h4-8,15H,1-3H3,(H,13,14). The van der Waals surface area contributed by atoms with Gasteiger partial charge in [-0.2, -0.15) is 0 Å². The van der Waals surface area contributed by atoms with Crippen LogP contribution >= 0.6 is 0 Å². The van der Waals surface area contributed by atoms with E-state index in [0.29, 0.717) is 0 Å². The van der Waals surface area contributed by atoms with E-state index in [1.165, 1.54) is 5.01 Å². The number of nitrogens with zero attached hydrogens (tertiary/aromatic N) is 2. The Morgan fingerprint density at radius 1 is 1.16 bits per heavy atom. The average molecular weight is 280 g/mol. The maximum absolute atomic E-state index is 12.0. The summed E-state index contributed by atoms with van der Waals surface area (Å²) in [6, 6.07) is 8.48. The van der Waals surface area contributed by atoms with Crippen molar-refractivity contribution >= 4 is 26.7 Å². The first-order valence-electron chi connectivity index (χ1n) is 5.71. The Balaban J connectivity index is 2.48. The van der Waals surface area contributed by atoms with Crippen LogP contribution in [0.5, 0.6) is 0 Å². The summed E-state index contributed by atoms with van der Waals surface area (Å²) in [5.41, 5.74) is 0.746. The highest BCUT2D eigenvalue weighted by atomic mass is 32.2. The monoisotopic (exact) mass is 280 g/mol. The highest BCUT2D eigenvalue weighted by Gasteiger charge is 2.15. The molecule has 0 bridgehead atoms. The Hall–Kier alpha value is -1.70. The van der Waals surface area contributed by atoms with Gasteiger partial charge in [-0.05, 0) is 30.3 Å². The smallest absolute Gasteiger partial charge is 0.253 e. The fourth-order valence-corrected chi connectivity index (χ4v) is 2.82. The molecule has 7 heteroatoms. The van der Waals surface area contributed by atoms with Crippen molar-refractivity contribution in [3.8, 4) is 0 Å². The van der Waals surface area contributed by atoms with Crippen LogP contribution in [-0.2, 0) is 10.0 Å². The van der Waals surface area contributed by atoms with Crippen LogP contribution in [0.4, 0.5) is 5.82 Å². The van der Waals surface area contributed by atoms with Gasteiger partial charge in [-0.3, -0.25) is 0 Å². The van der Waals surface area contributed by atoms with Crippen LogP contribution in [0.1, 0.15) is 0 Å². The first kappa shape index (κ1) is 13.7. The fraction of sp³-hybridized carbons (Fsp3) is 0.250. The van der Waals surface area contributed by atoms with Crippen molar-refractivity contribution < 1.29 is 8.42 Å². The number of fused-ring (bicyclic) bond motifs is 1. The van der Waals surface area contributed by atoms with Crippen molar-refractivity contribution in [1.82, 2.24) is 14.8 Å². The highest BCUT2D eigenvalue weighted by Crippen LogP contribution is 2.19. The maximum Gasteiger partial charge on any atom is 0.253 e. The van der Waals surface area contributed by atoms with Crippen molar-refractivity contribution in [3.05, 3.63) is 30.3 Å². The molecule has 1 heterocycles. The van der Waals surface area contributed by atoms with Crippen molar-refractivity contribution in [2.75, 3.05) is 26.5 Å². The summed E-state index contributed by atoms with van der Waals surface area (Å²) in [5, 5.41) is 5.11. The largest absolute Gasteiger partial charge is 0.373 e. The molecule has 2 rings (SSSR count). The van der Waals surface area contributed by atoms with Crippen LogP contribution < -0.4 is 10.1 Å². The number of sulfonamides is 1. The van der Waals surface area contributed by atoms with E-state index in [1.54, 1.807) is 45.4 Å². The zero-order chi connectivity index (χ0) is 14.0. The highest BCUT2D eigenvalue weighted by molar-refractivity contribution is 7.89. The lowest BCUT2D eigenvalue weighted by atomic mass is 10.2. The Bertz CT molecular complexity index is 698. The number of benzene rings is 1. The van der Waals surface area contributed by atoms with E-state index >= 15 is 0 Å². The lowest BCUT2D eigenvalue weighted by Crippen LogP contribution is -2.36. The predicted octanol–water partition coefficient (Wildman–Crippen LogP) is 1.03. The zero-order valence-electron chi connectivity index (χ0n) is 11.0. The second-order valence-corrected chi connectivity index (χ2v) is 5.95. The molecule has 0 spiro atoms. The Kier molecular flexibility index (Phi) is 3.70. The molecule has 0 saturated carbocycles. The first-order valence-corrected chi connectivity index (χ1v) is 7.19. The molecule has 6 nitrogen and oxygen atoms in total. The number of hydrogen-bond donors (Lipinski definition) is 2. The second-order valence-electron chi connectivity index (χ2n) is 4.29. The number of anilines is 1. The van der Waals surface area contributed by atoms with Gasteiger partial charge in [-0.15, -0.1) is 4.83 Å². The minimum absolute atomic E-state index is 0.215. The summed E-state index contributed by atoms with van der Waals surface area (Å²) in [7, 11) is 1.50. The summed E-state index contributed by atoms with van der Waals surface area (Å²) in [4.78, 5) is 6.95. The van der Waals surface area contributed by atoms with Gasteiger partial charge in [-0.25, -0.2) is 18.4 Å². The summed E-state index contributed by atoms with van der Waals surface area (Å²) >= 11 is 0. The van der Waals surface area contributed by atoms with Gasteiger partial charge in [-0.1, -0.05) is 0 Å². The summed E-state index contributed by atoms with van der Waals surface area (Å²) in [6.45, 7) is 0. The molecule has 0 saturated heterocycles. The topological polar surface area (TPSA) is 74.3 Å². The van der Waals surface area contributed by atoms with Crippen molar-refractivity contribution in [1.29, 1.82) is 0 Å². The molecule has 1 aromatic carbocycles. The molecule has 0 atom stereocenters. The fourth-order valence-electron chi connectivity index (χ4n) is 1.70. The molecule has 0 radical (unpaired) electrons. The van der Waals surface area contributed by atoms with E-state index in [4.69, 9.17) is 0 Å². The molecule has 2 N–H and O–H groups in total. The molecule has 0 aliphatic carbocycles. The van der Waals surface area contributed by atoms with Crippen molar-refractivity contribution in [3.63, 3.8) is 0 Å². The Morgan fingerprint density at radius 3 is 2.53 bits per heavy atom. The molecular formula is C12H16N4O2S. The van der Waals surface area contributed by atoms with E-state index in [1.807, 2.05) is 6.07 Å². The number of hydrazine groups is 1. The third kappa shape index (κ3) is 3.01. The van der Waals surface area contributed by atoms with Crippen molar-refractivity contribution in [2.45, 2.75) is 4.90 Å². The molecule has 0 aliphatic heterocycles. The predicted molar refractivity (Wildman–Crippen MR) is 75.3 cm³/mol.